The molecular formula is C15H16N4OS. The number of hydrogen-bond acceptors (Lipinski definition) is 6. The summed E-state index contributed by atoms with van der Waals surface area (Å²) in [4.78, 5) is 13.4. The van der Waals surface area contributed by atoms with Crippen molar-refractivity contribution in [3.05, 3.63) is 41.0 Å². The highest BCUT2D eigenvalue weighted by atomic mass is 32.2. The molecule has 0 amide bonds. The van der Waals surface area contributed by atoms with Crippen molar-refractivity contribution in [2.75, 3.05) is 5.73 Å². The van der Waals surface area contributed by atoms with Gasteiger partial charge in [-0.3, -0.25) is 0 Å². The minimum atomic E-state index is 0.594. The molecule has 2 N–H and O–H groups in total. The third-order valence-corrected chi connectivity index (χ3v) is 4.23. The lowest BCUT2D eigenvalue weighted by Crippen LogP contribution is -1.98. The van der Waals surface area contributed by atoms with Crippen LogP contribution in [0.25, 0.3) is 11.1 Å². The first-order chi connectivity index (χ1) is 10.0. The summed E-state index contributed by atoms with van der Waals surface area (Å²) in [6, 6.07) is 5.46. The average molecular weight is 300 g/mol. The van der Waals surface area contributed by atoms with E-state index in [1.165, 1.54) is 11.8 Å². The number of oxazole rings is 1. The van der Waals surface area contributed by atoms with Gasteiger partial charge in [0.05, 0.1) is 5.75 Å². The van der Waals surface area contributed by atoms with Crippen LogP contribution in [0, 0.1) is 20.8 Å². The van der Waals surface area contributed by atoms with Crippen LogP contribution in [0.15, 0.2) is 27.8 Å². The molecule has 2 aromatic heterocycles. The zero-order chi connectivity index (χ0) is 15.0. The van der Waals surface area contributed by atoms with E-state index in [-0.39, 0.29) is 0 Å². The molecule has 5 nitrogen and oxygen atoms in total. The van der Waals surface area contributed by atoms with Crippen LogP contribution in [-0.2, 0) is 5.75 Å². The molecule has 0 fully saturated rings. The highest BCUT2D eigenvalue weighted by Gasteiger charge is 2.09. The second kappa shape index (κ2) is 5.37. The number of fused-ring (bicyclic) bond motifs is 1. The summed E-state index contributed by atoms with van der Waals surface area (Å²) in [6.07, 6.45) is 0. The third kappa shape index (κ3) is 2.85. The molecule has 2 heterocycles. The van der Waals surface area contributed by atoms with Crippen molar-refractivity contribution in [2.24, 2.45) is 0 Å². The molecule has 0 spiro atoms. The van der Waals surface area contributed by atoms with E-state index in [1.807, 2.05) is 32.9 Å². The Balaban J connectivity index is 1.80. The number of hydrogen-bond donors (Lipinski definition) is 1. The van der Waals surface area contributed by atoms with Crippen LogP contribution in [0.1, 0.15) is 22.8 Å². The molecule has 0 aliphatic heterocycles. The first-order valence-electron chi connectivity index (χ1n) is 6.62. The monoisotopic (exact) mass is 300 g/mol. The lowest BCUT2D eigenvalue weighted by Gasteiger charge is -2.05. The summed E-state index contributed by atoms with van der Waals surface area (Å²) < 4.78 is 5.69. The smallest absolute Gasteiger partial charge is 0.205 e. The molecule has 0 saturated carbocycles. The largest absolute Gasteiger partial charge is 0.440 e. The molecule has 0 aliphatic carbocycles. The van der Waals surface area contributed by atoms with Gasteiger partial charge in [0, 0.05) is 23.1 Å². The van der Waals surface area contributed by atoms with Gasteiger partial charge in [0.1, 0.15) is 5.52 Å². The van der Waals surface area contributed by atoms with Gasteiger partial charge in [-0.1, -0.05) is 11.8 Å². The number of nitrogens with two attached hydrogens (primary N) is 1. The van der Waals surface area contributed by atoms with Gasteiger partial charge in [0.15, 0.2) is 10.7 Å². The van der Waals surface area contributed by atoms with E-state index in [9.17, 15) is 0 Å². The number of aromatic nitrogens is 3. The van der Waals surface area contributed by atoms with Crippen molar-refractivity contribution in [2.45, 2.75) is 31.7 Å². The molecular weight excluding hydrogens is 284 g/mol. The fraction of sp³-hybridized carbons (Fsp3) is 0.267. The van der Waals surface area contributed by atoms with Crippen molar-refractivity contribution in [3.63, 3.8) is 0 Å². The van der Waals surface area contributed by atoms with Crippen LogP contribution in [0.2, 0.25) is 0 Å². The van der Waals surface area contributed by atoms with Gasteiger partial charge in [0.25, 0.3) is 0 Å². The van der Waals surface area contributed by atoms with E-state index in [2.05, 4.69) is 15.0 Å². The fourth-order valence-corrected chi connectivity index (χ4v) is 2.76. The summed E-state index contributed by atoms with van der Waals surface area (Å²) in [7, 11) is 0. The fourth-order valence-electron chi connectivity index (χ4n) is 1.98. The molecule has 3 aromatic rings. The van der Waals surface area contributed by atoms with Crippen molar-refractivity contribution in [3.8, 4) is 0 Å². The van der Waals surface area contributed by atoms with Gasteiger partial charge in [-0.2, -0.15) is 0 Å². The first kappa shape index (κ1) is 13.9. The zero-order valence-corrected chi connectivity index (χ0v) is 13.0. The Morgan fingerprint density at radius 3 is 2.52 bits per heavy atom. The standard InChI is InChI=1S/C15H16N4OS/c1-8-9(2)17-15(18-10(8)3)21-7-14-19-12-5-4-11(16)6-13(12)20-14/h4-6H,7,16H2,1-3H3. The van der Waals surface area contributed by atoms with E-state index in [0.29, 0.717) is 22.9 Å². The number of nitrogens with zero attached hydrogens (tertiary/aromatic N) is 3. The normalized spacial score (nSPS) is 11.2. The molecule has 0 saturated heterocycles. The van der Waals surface area contributed by atoms with Gasteiger partial charge in [0.2, 0.25) is 5.89 Å². The van der Waals surface area contributed by atoms with Crippen molar-refractivity contribution >= 4 is 28.5 Å². The maximum Gasteiger partial charge on any atom is 0.205 e. The molecule has 108 valence electrons. The average Bonchev–Trinajstić information content (AvgIpc) is 2.84. The Bertz CT molecular complexity index is 790. The van der Waals surface area contributed by atoms with Crippen molar-refractivity contribution in [1.29, 1.82) is 0 Å². The SMILES string of the molecule is Cc1nc(SCc2nc3ccc(N)cc3o2)nc(C)c1C. The summed E-state index contributed by atoms with van der Waals surface area (Å²) in [5, 5.41) is 0.748. The number of rotatable bonds is 3. The zero-order valence-electron chi connectivity index (χ0n) is 12.2. The van der Waals surface area contributed by atoms with Gasteiger partial charge >= 0.3 is 0 Å². The summed E-state index contributed by atoms with van der Waals surface area (Å²) in [5.41, 5.74) is 11.1. The molecule has 6 heteroatoms. The maximum atomic E-state index is 5.73. The number of aryl methyl sites for hydroxylation is 2. The Hall–Kier alpha value is -2.08. The molecule has 3 rings (SSSR count). The minimum absolute atomic E-state index is 0.594. The minimum Gasteiger partial charge on any atom is -0.440 e. The molecule has 0 atom stereocenters. The van der Waals surface area contributed by atoms with Crippen LogP contribution in [0.4, 0.5) is 5.69 Å². The van der Waals surface area contributed by atoms with Crippen LogP contribution in [0.5, 0.6) is 0 Å². The van der Waals surface area contributed by atoms with E-state index in [4.69, 9.17) is 10.2 Å². The molecule has 21 heavy (non-hydrogen) atoms. The quantitative estimate of drug-likeness (QED) is 0.453. The topological polar surface area (TPSA) is 77.8 Å². The Kier molecular flexibility index (Phi) is 3.55. The summed E-state index contributed by atoms with van der Waals surface area (Å²) in [6.45, 7) is 6.02. The number of anilines is 1. The van der Waals surface area contributed by atoms with Crippen LogP contribution >= 0.6 is 11.8 Å². The number of thioether (sulfide) groups is 1. The van der Waals surface area contributed by atoms with Crippen molar-refractivity contribution in [1.82, 2.24) is 15.0 Å². The number of nitrogen functional groups attached to an aromatic ring is 1. The second-order valence-electron chi connectivity index (χ2n) is 4.93. The molecule has 0 aliphatic rings. The van der Waals surface area contributed by atoms with Gasteiger partial charge < -0.3 is 10.2 Å². The second-order valence-corrected chi connectivity index (χ2v) is 5.87. The van der Waals surface area contributed by atoms with E-state index in [1.54, 1.807) is 6.07 Å². The summed E-state index contributed by atoms with van der Waals surface area (Å²) in [5.74, 6) is 1.25. The Morgan fingerprint density at radius 2 is 1.81 bits per heavy atom. The predicted octanol–water partition coefficient (Wildman–Crippen LogP) is 3.42. The molecule has 0 bridgehead atoms. The first-order valence-corrected chi connectivity index (χ1v) is 7.61. The highest BCUT2D eigenvalue weighted by Crippen LogP contribution is 2.24. The highest BCUT2D eigenvalue weighted by molar-refractivity contribution is 7.98. The van der Waals surface area contributed by atoms with Crippen molar-refractivity contribution < 1.29 is 4.42 Å². The summed E-state index contributed by atoms with van der Waals surface area (Å²) >= 11 is 1.52. The van der Waals surface area contributed by atoms with Crippen LogP contribution < -0.4 is 5.73 Å². The maximum absolute atomic E-state index is 5.73. The van der Waals surface area contributed by atoms with Gasteiger partial charge in [-0.15, -0.1) is 0 Å². The van der Waals surface area contributed by atoms with Gasteiger partial charge in [-0.05, 0) is 38.5 Å². The van der Waals surface area contributed by atoms with E-state index in [0.717, 1.165) is 27.6 Å². The number of benzene rings is 1. The third-order valence-electron chi connectivity index (χ3n) is 3.39. The molecule has 0 unspecified atom stereocenters. The Labute approximate surface area is 127 Å². The van der Waals surface area contributed by atoms with Crippen LogP contribution in [-0.4, -0.2) is 15.0 Å². The van der Waals surface area contributed by atoms with Crippen LogP contribution in [0.3, 0.4) is 0 Å². The Morgan fingerprint density at radius 1 is 1.10 bits per heavy atom. The lowest BCUT2D eigenvalue weighted by atomic mass is 10.2. The van der Waals surface area contributed by atoms with E-state index < -0.39 is 0 Å². The lowest BCUT2D eigenvalue weighted by molar-refractivity contribution is 0.556. The van der Waals surface area contributed by atoms with E-state index >= 15 is 0 Å². The predicted molar refractivity (Wildman–Crippen MR) is 84.2 cm³/mol. The molecule has 1 aromatic carbocycles. The molecule has 0 radical (unpaired) electrons. The van der Waals surface area contributed by atoms with Gasteiger partial charge in [-0.25, -0.2) is 15.0 Å².